The summed E-state index contributed by atoms with van der Waals surface area (Å²) in [6.07, 6.45) is 14.0. The summed E-state index contributed by atoms with van der Waals surface area (Å²) in [5.41, 5.74) is 4.42. The number of benzene rings is 2. The minimum Gasteiger partial charge on any atom is -0.490 e. The summed E-state index contributed by atoms with van der Waals surface area (Å²) in [5, 5.41) is 4.97. The fraction of sp³-hybridized carbons (Fsp3) is 0.500. The van der Waals surface area contributed by atoms with Gasteiger partial charge in [-0.15, -0.1) is 4.36 Å². The van der Waals surface area contributed by atoms with Crippen LogP contribution in [0.1, 0.15) is 72.0 Å². The van der Waals surface area contributed by atoms with Crippen LogP contribution in [-0.2, 0) is 37.8 Å². The van der Waals surface area contributed by atoms with E-state index in [1.807, 2.05) is 31.3 Å². The first-order valence-electron chi connectivity index (χ1n) is 17.7. The number of methoxy groups -OCH3 is 1. The number of aromatic nitrogens is 2. The first-order chi connectivity index (χ1) is 24.1. The zero-order valence-electron chi connectivity index (χ0n) is 28.8. The molecule has 2 aromatic carbocycles. The quantitative estimate of drug-likeness (QED) is 0.302. The molecule has 10 nitrogen and oxygen atoms in total. The van der Waals surface area contributed by atoms with Crippen LogP contribution in [0.3, 0.4) is 0 Å². The first-order valence-corrected chi connectivity index (χ1v) is 19.8. The number of fused-ring (bicyclic) bond motifs is 4. The largest absolute Gasteiger partial charge is 0.490 e. The lowest BCUT2D eigenvalue weighted by atomic mass is 9.68. The van der Waals surface area contributed by atoms with Crippen molar-refractivity contribution < 1.29 is 23.3 Å². The van der Waals surface area contributed by atoms with Crippen LogP contribution in [0.2, 0.25) is 5.02 Å². The van der Waals surface area contributed by atoms with Crippen LogP contribution in [0.4, 0.5) is 5.69 Å². The van der Waals surface area contributed by atoms with Crippen molar-refractivity contribution in [2.45, 2.75) is 76.4 Å². The summed E-state index contributed by atoms with van der Waals surface area (Å²) >= 11 is 6.45. The van der Waals surface area contributed by atoms with E-state index in [1.54, 1.807) is 24.1 Å². The van der Waals surface area contributed by atoms with Crippen molar-refractivity contribution in [3.8, 4) is 5.75 Å². The van der Waals surface area contributed by atoms with E-state index in [2.05, 4.69) is 43.4 Å². The number of amides is 2. The van der Waals surface area contributed by atoms with Crippen molar-refractivity contribution >= 4 is 39.0 Å². The fourth-order valence-corrected chi connectivity index (χ4v) is 9.97. The van der Waals surface area contributed by atoms with E-state index in [4.69, 9.17) is 21.1 Å². The van der Waals surface area contributed by atoms with Gasteiger partial charge in [0.2, 0.25) is 5.91 Å². The van der Waals surface area contributed by atoms with E-state index in [-0.39, 0.29) is 23.7 Å². The number of ether oxygens (including phenoxy) is 2. The highest BCUT2D eigenvalue weighted by molar-refractivity contribution is 7.92. The Labute approximate surface area is 299 Å². The second-order valence-corrected chi connectivity index (χ2v) is 16.9. The number of halogens is 1. The third-order valence-electron chi connectivity index (χ3n) is 10.9. The zero-order valence-corrected chi connectivity index (χ0v) is 30.4. The van der Waals surface area contributed by atoms with E-state index < -0.39 is 21.7 Å². The minimum atomic E-state index is -3.42. The minimum absolute atomic E-state index is 0.0385. The maximum absolute atomic E-state index is 14.2. The molecule has 1 saturated carbocycles. The molecule has 1 spiro atoms. The van der Waals surface area contributed by atoms with Crippen molar-refractivity contribution in [1.29, 1.82) is 0 Å². The molecule has 0 unspecified atom stereocenters. The zero-order chi connectivity index (χ0) is 34.9. The molecule has 12 heteroatoms. The van der Waals surface area contributed by atoms with Gasteiger partial charge in [-0.1, -0.05) is 29.8 Å². The molecule has 2 aliphatic heterocycles. The fourth-order valence-electron chi connectivity index (χ4n) is 8.15. The van der Waals surface area contributed by atoms with Gasteiger partial charge in [0.05, 0.1) is 30.3 Å². The van der Waals surface area contributed by atoms with Gasteiger partial charge in [-0.05, 0) is 111 Å². The van der Waals surface area contributed by atoms with Gasteiger partial charge in [0.25, 0.3) is 5.91 Å². The van der Waals surface area contributed by atoms with Gasteiger partial charge in [0, 0.05) is 55.4 Å². The van der Waals surface area contributed by atoms with Crippen molar-refractivity contribution in [3.05, 3.63) is 88.2 Å². The Morgan fingerprint density at radius 3 is 2.86 bits per heavy atom. The molecule has 4 aliphatic rings. The average Bonchev–Trinajstić information content (AvgIpc) is 3.44. The van der Waals surface area contributed by atoms with Crippen LogP contribution in [0.25, 0.3) is 0 Å². The molecular formula is C38H46ClN5O5S. The Bertz CT molecular complexity index is 1920. The normalized spacial score (nSPS) is 28.7. The maximum Gasteiger partial charge on any atom is 0.286 e. The van der Waals surface area contributed by atoms with Crippen molar-refractivity contribution in [2.24, 2.45) is 16.2 Å². The number of hydrogen-bond donors (Lipinski definition) is 1. The SMILES string of the molecule is CO[C@H]1/C=C/CCC[S@@](=O)(NC(=O)CCn2cc(C)cn2)=NC(=O)c2ccc3c(c2)N(C[C@@H]2CC[C@H]21)C[C@@]1(CCCc2cc(Cl)ccc21)CO3. The van der Waals surface area contributed by atoms with Gasteiger partial charge in [0.1, 0.15) is 15.7 Å². The summed E-state index contributed by atoms with van der Waals surface area (Å²) in [4.78, 5) is 29.3. The van der Waals surface area contributed by atoms with Crippen LogP contribution in [-0.4, -0.2) is 64.5 Å². The first kappa shape index (κ1) is 34.8. The molecule has 5 atom stereocenters. The Morgan fingerprint density at radius 2 is 2.08 bits per heavy atom. The van der Waals surface area contributed by atoms with Gasteiger partial charge in [-0.2, -0.15) is 5.10 Å². The molecule has 1 N–H and O–H groups in total. The highest BCUT2D eigenvalue weighted by atomic mass is 35.5. The van der Waals surface area contributed by atoms with Crippen LogP contribution < -0.4 is 14.4 Å². The van der Waals surface area contributed by atoms with Gasteiger partial charge in [-0.3, -0.25) is 19.0 Å². The molecule has 3 heterocycles. The number of allylic oxidation sites excluding steroid dienone is 1. The molecule has 2 aliphatic carbocycles. The Balaban J connectivity index is 1.24. The van der Waals surface area contributed by atoms with Gasteiger partial charge in [-0.25, -0.2) is 4.21 Å². The van der Waals surface area contributed by atoms with E-state index in [9.17, 15) is 13.8 Å². The highest BCUT2D eigenvalue weighted by Crippen LogP contribution is 2.47. The van der Waals surface area contributed by atoms with E-state index in [0.717, 1.165) is 61.5 Å². The summed E-state index contributed by atoms with van der Waals surface area (Å²) < 4.78 is 35.4. The summed E-state index contributed by atoms with van der Waals surface area (Å²) in [5.74, 6) is 0.444. The molecule has 1 aromatic heterocycles. The third kappa shape index (κ3) is 7.36. The molecule has 0 saturated heterocycles. The van der Waals surface area contributed by atoms with Crippen LogP contribution in [0, 0.1) is 18.8 Å². The summed E-state index contributed by atoms with van der Waals surface area (Å²) in [6.45, 7) is 4.28. The lowest BCUT2D eigenvalue weighted by Crippen LogP contribution is -2.49. The second kappa shape index (κ2) is 14.5. The van der Waals surface area contributed by atoms with Crippen molar-refractivity contribution in [1.82, 2.24) is 14.5 Å². The summed E-state index contributed by atoms with van der Waals surface area (Å²) in [7, 11) is -1.65. The molecule has 2 amide bonds. The van der Waals surface area contributed by atoms with E-state index in [0.29, 0.717) is 49.1 Å². The standard InChI is InChI=1S/C38H46ClN5O5S/c1-26-21-40-44(22-26)17-15-36(45)41-50(47)18-5-3-4-8-34(48-2)31-12-9-29(31)23-43-24-38(16-6-7-27-19-30(39)11-13-32(27)38)25-49-35-14-10-28(20-33(35)43)37(46)42-50/h4,8,10-11,13-14,19-22,29,31,34H,3,5-7,9,12,15-18,23-25H2,1-2H3,(H,41,42,45,46,47)/b8-4+/t29-,31+,34-,38-,50+/m0/s1. The molecule has 2 bridgehead atoms. The Kier molecular flexibility index (Phi) is 10.1. The van der Waals surface area contributed by atoms with Crippen LogP contribution in [0.5, 0.6) is 5.75 Å². The number of nitrogens with zero attached hydrogens (tertiary/aromatic N) is 4. The number of carbonyl (C=O) groups is 2. The average molecular weight is 720 g/mol. The molecule has 1 fully saturated rings. The van der Waals surface area contributed by atoms with E-state index >= 15 is 0 Å². The number of carbonyl (C=O) groups excluding carboxylic acids is 2. The van der Waals surface area contributed by atoms with Gasteiger partial charge < -0.3 is 14.4 Å². The monoisotopic (exact) mass is 719 g/mol. The Hall–Kier alpha value is -3.67. The third-order valence-corrected chi connectivity index (χ3v) is 12.9. The molecule has 3 aromatic rings. The number of aryl methyl sites for hydroxylation is 3. The Morgan fingerprint density at radius 1 is 1.20 bits per heavy atom. The number of hydrogen-bond acceptors (Lipinski definition) is 7. The summed E-state index contributed by atoms with van der Waals surface area (Å²) in [6, 6.07) is 11.6. The number of anilines is 1. The molecule has 0 radical (unpaired) electrons. The smallest absolute Gasteiger partial charge is 0.286 e. The molecule has 7 rings (SSSR count). The van der Waals surface area contributed by atoms with Gasteiger partial charge >= 0.3 is 0 Å². The van der Waals surface area contributed by atoms with E-state index in [1.165, 1.54) is 11.1 Å². The predicted molar refractivity (Wildman–Crippen MR) is 195 cm³/mol. The molecular weight excluding hydrogens is 674 g/mol. The number of nitrogens with one attached hydrogen (secondary N) is 1. The lowest BCUT2D eigenvalue weighted by molar-refractivity contribution is -0.119. The maximum atomic E-state index is 14.2. The van der Waals surface area contributed by atoms with Crippen LogP contribution >= 0.6 is 11.6 Å². The van der Waals surface area contributed by atoms with Crippen LogP contribution in [0.15, 0.2) is 65.3 Å². The van der Waals surface area contributed by atoms with Crippen molar-refractivity contribution in [3.63, 3.8) is 0 Å². The second-order valence-electron chi connectivity index (χ2n) is 14.4. The predicted octanol–water partition coefficient (Wildman–Crippen LogP) is 6.44. The van der Waals surface area contributed by atoms with Crippen molar-refractivity contribution in [2.75, 3.05) is 37.5 Å². The molecule has 266 valence electrons. The highest BCUT2D eigenvalue weighted by Gasteiger charge is 2.44. The van der Waals surface area contributed by atoms with Gasteiger partial charge in [0.15, 0.2) is 0 Å². The number of rotatable bonds is 5. The topological polar surface area (TPSA) is 115 Å². The molecule has 50 heavy (non-hydrogen) atoms. The lowest BCUT2D eigenvalue weighted by Gasteiger charge is -2.46.